The van der Waals surface area contributed by atoms with Gasteiger partial charge in [-0.15, -0.1) is 10.2 Å². The average molecular weight is 543 g/mol. The Morgan fingerprint density at radius 3 is 2.51 bits per heavy atom. The van der Waals surface area contributed by atoms with Gasteiger partial charge in [-0.1, -0.05) is 35.9 Å². The van der Waals surface area contributed by atoms with Crippen LogP contribution in [-0.2, 0) is 24.2 Å². The second kappa shape index (κ2) is 11.2. The van der Waals surface area contributed by atoms with E-state index in [2.05, 4.69) is 48.1 Å². The first-order valence-corrected chi connectivity index (χ1v) is 13.6. The van der Waals surface area contributed by atoms with Gasteiger partial charge in [-0.3, -0.25) is 19.2 Å². The summed E-state index contributed by atoms with van der Waals surface area (Å²) in [6.45, 7) is 4.92. The molecular formula is C30H31ClN6O2. The number of methoxy groups -OCH3 is 1. The van der Waals surface area contributed by atoms with Gasteiger partial charge in [0.1, 0.15) is 11.6 Å². The SMILES string of the molecule is COc1ccc(CN2CCN(CC(=O)Nc3ccc4c(c3)CCc3nnc(-c5cccc(Cl)c5)n3-4)CC2)cc1. The second-order valence-corrected chi connectivity index (χ2v) is 10.5. The minimum Gasteiger partial charge on any atom is -0.497 e. The number of nitrogens with one attached hydrogen (secondary N) is 1. The first-order chi connectivity index (χ1) is 19.1. The van der Waals surface area contributed by atoms with Crippen molar-refractivity contribution in [1.29, 1.82) is 0 Å². The minimum absolute atomic E-state index is 0.0129. The van der Waals surface area contributed by atoms with Crippen LogP contribution in [0.4, 0.5) is 5.69 Å². The Labute approximate surface area is 233 Å². The Morgan fingerprint density at radius 2 is 1.74 bits per heavy atom. The largest absolute Gasteiger partial charge is 0.497 e. The van der Waals surface area contributed by atoms with Crippen LogP contribution in [0.1, 0.15) is 17.0 Å². The van der Waals surface area contributed by atoms with E-state index in [0.29, 0.717) is 11.6 Å². The summed E-state index contributed by atoms with van der Waals surface area (Å²) < 4.78 is 7.35. The number of carbonyl (C=O) groups is 1. The molecule has 2 aliphatic rings. The molecular weight excluding hydrogens is 512 g/mol. The van der Waals surface area contributed by atoms with E-state index in [9.17, 15) is 4.79 Å². The van der Waals surface area contributed by atoms with Crippen molar-refractivity contribution in [3.8, 4) is 22.8 Å². The van der Waals surface area contributed by atoms with E-state index in [4.69, 9.17) is 16.3 Å². The summed E-state index contributed by atoms with van der Waals surface area (Å²) in [4.78, 5) is 17.5. The first-order valence-electron chi connectivity index (χ1n) is 13.3. The number of anilines is 1. The quantitative estimate of drug-likeness (QED) is 0.372. The van der Waals surface area contributed by atoms with Gasteiger partial charge in [0.25, 0.3) is 0 Å². The van der Waals surface area contributed by atoms with Crippen molar-refractivity contribution in [2.45, 2.75) is 19.4 Å². The lowest BCUT2D eigenvalue weighted by atomic mass is 10.0. The molecule has 1 amide bonds. The number of benzene rings is 3. The lowest BCUT2D eigenvalue weighted by Gasteiger charge is -2.34. The number of hydrogen-bond acceptors (Lipinski definition) is 6. The fraction of sp³-hybridized carbons (Fsp3) is 0.300. The summed E-state index contributed by atoms with van der Waals surface area (Å²) in [7, 11) is 1.68. The van der Waals surface area contributed by atoms with E-state index in [1.807, 2.05) is 48.5 Å². The first kappa shape index (κ1) is 25.6. The minimum atomic E-state index is 0.0129. The molecule has 0 unspecified atom stereocenters. The Balaban J connectivity index is 1.06. The van der Waals surface area contributed by atoms with Crippen LogP contribution < -0.4 is 10.1 Å². The number of hydrogen-bond donors (Lipinski definition) is 1. The topological polar surface area (TPSA) is 75.5 Å². The highest BCUT2D eigenvalue weighted by Crippen LogP contribution is 2.32. The van der Waals surface area contributed by atoms with Crippen molar-refractivity contribution in [3.05, 3.63) is 88.7 Å². The van der Waals surface area contributed by atoms with Crippen molar-refractivity contribution >= 4 is 23.2 Å². The Bertz CT molecular complexity index is 1480. The van der Waals surface area contributed by atoms with Crippen LogP contribution in [0.2, 0.25) is 5.02 Å². The smallest absolute Gasteiger partial charge is 0.238 e. The molecule has 1 aromatic heterocycles. The third-order valence-corrected chi connectivity index (χ3v) is 7.67. The molecule has 1 N–H and O–H groups in total. The molecule has 200 valence electrons. The number of amides is 1. The Hall–Kier alpha value is -3.72. The highest BCUT2D eigenvalue weighted by molar-refractivity contribution is 6.30. The molecule has 4 aromatic rings. The summed E-state index contributed by atoms with van der Waals surface area (Å²) in [5, 5.41) is 12.6. The molecule has 9 heteroatoms. The van der Waals surface area contributed by atoms with Crippen LogP contribution >= 0.6 is 11.6 Å². The van der Waals surface area contributed by atoms with Gasteiger partial charge < -0.3 is 10.1 Å². The van der Waals surface area contributed by atoms with Gasteiger partial charge in [0.2, 0.25) is 5.91 Å². The molecule has 0 radical (unpaired) electrons. The zero-order valence-electron chi connectivity index (χ0n) is 21.9. The van der Waals surface area contributed by atoms with Gasteiger partial charge in [-0.2, -0.15) is 0 Å². The number of carbonyl (C=O) groups excluding carboxylic acids is 1. The van der Waals surface area contributed by atoms with Crippen molar-refractivity contribution in [1.82, 2.24) is 24.6 Å². The molecule has 3 aromatic carbocycles. The number of aromatic nitrogens is 3. The molecule has 0 aliphatic carbocycles. The van der Waals surface area contributed by atoms with Crippen LogP contribution in [0.3, 0.4) is 0 Å². The second-order valence-electron chi connectivity index (χ2n) is 10.1. The Kier molecular flexibility index (Phi) is 7.32. The predicted octanol–water partition coefficient (Wildman–Crippen LogP) is 4.45. The maximum atomic E-state index is 12.9. The van der Waals surface area contributed by atoms with E-state index in [1.54, 1.807) is 7.11 Å². The third kappa shape index (κ3) is 5.68. The molecule has 0 saturated carbocycles. The van der Waals surface area contributed by atoms with Crippen molar-refractivity contribution in [2.24, 2.45) is 0 Å². The van der Waals surface area contributed by atoms with Crippen LogP contribution in [0.25, 0.3) is 17.1 Å². The third-order valence-electron chi connectivity index (χ3n) is 7.43. The van der Waals surface area contributed by atoms with E-state index >= 15 is 0 Å². The van der Waals surface area contributed by atoms with Gasteiger partial charge in [0, 0.05) is 55.4 Å². The zero-order valence-corrected chi connectivity index (χ0v) is 22.7. The monoisotopic (exact) mass is 542 g/mol. The van der Waals surface area contributed by atoms with E-state index < -0.39 is 0 Å². The molecule has 1 fully saturated rings. The van der Waals surface area contributed by atoms with Gasteiger partial charge in [-0.25, -0.2) is 0 Å². The van der Waals surface area contributed by atoms with Gasteiger partial charge in [0.15, 0.2) is 5.82 Å². The van der Waals surface area contributed by atoms with Crippen molar-refractivity contribution < 1.29 is 9.53 Å². The average Bonchev–Trinajstić information content (AvgIpc) is 3.39. The van der Waals surface area contributed by atoms with E-state index in [0.717, 1.165) is 85.5 Å². The summed E-state index contributed by atoms with van der Waals surface area (Å²) in [6.07, 6.45) is 1.64. The molecule has 0 bridgehead atoms. The molecule has 8 nitrogen and oxygen atoms in total. The fourth-order valence-corrected chi connectivity index (χ4v) is 5.56. The highest BCUT2D eigenvalue weighted by atomic mass is 35.5. The lowest BCUT2D eigenvalue weighted by molar-refractivity contribution is -0.117. The molecule has 3 heterocycles. The molecule has 0 spiro atoms. The van der Waals surface area contributed by atoms with Crippen molar-refractivity contribution in [2.75, 3.05) is 45.2 Å². The number of piperazine rings is 1. The normalized spacial score (nSPS) is 15.4. The van der Waals surface area contributed by atoms with E-state index in [-0.39, 0.29) is 5.91 Å². The van der Waals surface area contributed by atoms with Crippen molar-refractivity contribution in [3.63, 3.8) is 0 Å². The zero-order chi connectivity index (χ0) is 26.8. The summed E-state index contributed by atoms with van der Waals surface area (Å²) in [5.41, 5.74) is 5.22. The van der Waals surface area contributed by atoms with Crippen LogP contribution in [0.5, 0.6) is 5.75 Å². The predicted molar refractivity (Wildman–Crippen MR) is 153 cm³/mol. The molecule has 2 aliphatic heterocycles. The Morgan fingerprint density at radius 1 is 0.949 bits per heavy atom. The highest BCUT2D eigenvalue weighted by Gasteiger charge is 2.23. The van der Waals surface area contributed by atoms with Gasteiger partial charge >= 0.3 is 0 Å². The maximum Gasteiger partial charge on any atom is 0.238 e. The maximum absolute atomic E-state index is 12.9. The molecule has 0 atom stereocenters. The lowest BCUT2D eigenvalue weighted by Crippen LogP contribution is -2.48. The summed E-state index contributed by atoms with van der Waals surface area (Å²) >= 11 is 6.23. The van der Waals surface area contributed by atoms with Crippen LogP contribution in [0.15, 0.2) is 66.7 Å². The number of halogens is 1. The number of ether oxygens (including phenoxy) is 1. The fourth-order valence-electron chi connectivity index (χ4n) is 5.37. The number of aryl methyl sites for hydroxylation is 2. The number of fused-ring (bicyclic) bond motifs is 3. The summed E-state index contributed by atoms with van der Waals surface area (Å²) in [5.74, 6) is 2.59. The van der Waals surface area contributed by atoms with Gasteiger partial charge in [0.05, 0.1) is 19.3 Å². The molecule has 39 heavy (non-hydrogen) atoms. The van der Waals surface area contributed by atoms with E-state index in [1.165, 1.54) is 5.56 Å². The molecule has 6 rings (SSSR count). The standard InChI is InChI=1S/C30H31ClN6O2/c1-39-26-9-5-21(6-10-26)19-35-13-15-36(16-14-35)20-29(38)32-25-8-11-27-22(18-25)7-12-28-33-34-30(37(27)28)23-3-2-4-24(31)17-23/h2-6,8-11,17-18H,7,12-16,19-20H2,1H3,(H,32,38). The van der Waals surface area contributed by atoms with Gasteiger partial charge in [-0.05, 0) is 60.0 Å². The van der Waals surface area contributed by atoms with Crippen LogP contribution in [0, 0.1) is 0 Å². The number of rotatable bonds is 7. The van der Waals surface area contributed by atoms with Crippen LogP contribution in [-0.4, -0.2) is 70.3 Å². The number of nitrogens with zero attached hydrogens (tertiary/aromatic N) is 5. The summed E-state index contributed by atoms with van der Waals surface area (Å²) in [6, 6.07) is 22.0. The molecule has 1 saturated heterocycles.